The molecule has 0 radical (unpaired) electrons. The number of anilines is 1. The Kier molecular flexibility index (Phi) is 3.23. The van der Waals surface area contributed by atoms with Crippen molar-refractivity contribution in [2.75, 3.05) is 18.4 Å². The molecule has 9 heteroatoms. The van der Waals surface area contributed by atoms with Crippen molar-refractivity contribution in [3.63, 3.8) is 0 Å². The fourth-order valence-electron chi connectivity index (χ4n) is 2.06. The number of nitrogens with zero attached hydrogens (tertiary/aromatic N) is 4. The van der Waals surface area contributed by atoms with Gasteiger partial charge in [-0.25, -0.2) is 4.98 Å². The first kappa shape index (κ1) is 12.8. The molecule has 0 spiro atoms. The predicted octanol–water partition coefficient (Wildman–Crippen LogP) is 0.567. The maximum atomic E-state index is 11.8. The smallest absolute Gasteiger partial charge is 0.246 e. The molecule has 1 saturated heterocycles. The van der Waals surface area contributed by atoms with E-state index in [2.05, 4.69) is 25.3 Å². The number of halogens is 1. The maximum absolute atomic E-state index is 11.8. The van der Waals surface area contributed by atoms with Gasteiger partial charge < -0.3 is 9.88 Å². The Morgan fingerprint density at radius 3 is 3.10 bits per heavy atom. The summed E-state index contributed by atoms with van der Waals surface area (Å²) in [4.78, 5) is 39.5. The van der Waals surface area contributed by atoms with Crippen LogP contribution in [-0.4, -0.2) is 49.7 Å². The standard InChI is InChI=1S/C11H11ClN6O2/c12-9-8-10(14-5-13-8)17-11(16-9)15-6(19)4-18-3-1-2-7(18)20/h5H,1-4H2,(H2,13,14,15,16,17,19). The zero-order valence-electron chi connectivity index (χ0n) is 10.4. The van der Waals surface area contributed by atoms with Crippen LogP contribution in [0.5, 0.6) is 0 Å². The van der Waals surface area contributed by atoms with Crippen molar-refractivity contribution in [2.45, 2.75) is 12.8 Å². The van der Waals surface area contributed by atoms with E-state index in [1.54, 1.807) is 0 Å². The maximum Gasteiger partial charge on any atom is 0.246 e. The number of fused-ring (bicyclic) bond motifs is 1. The summed E-state index contributed by atoms with van der Waals surface area (Å²) in [6.45, 7) is 0.602. The van der Waals surface area contributed by atoms with Gasteiger partial charge in [-0.15, -0.1) is 0 Å². The Morgan fingerprint density at radius 2 is 2.35 bits per heavy atom. The highest BCUT2D eigenvalue weighted by atomic mass is 35.5. The van der Waals surface area contributed by atoms with Crippen LogP contribution < -0.4 is 5.32 Å². The van der Waals surface area contributed by atoms with Gasteiger partial charge in [-0.3, -0.25) is 14.9 Å². The first-order valence-corrected chi connectivity index (χ1v) is 6.45. The highest BCUT2D eigenvalue weighted by Gasteiger charge is 2.22. The Morgan fingerprint density at radius 1 is 1.50 bits per heavy atom. The first-order chi connectivity index (χ1) is 9.63. The summed E-state index contributed by atoms with van der Waals surface area (Å²) < 4.78 is 0. The SMILES string of the molecule is O=C(CN1CCCC1=O)Nc1nc(Cl)c2[nH]cnc2n1. The predicted molar refractivity (Wildman–Crippen MR) is 71.1 cm³/mol. The number of likely N-dealkylation sites (tertiary alicyclic amines) is 1. The number of carbonyl (C=O) groups excluding carboxylic acids is 2. The summed E-state index contributed by atoms with van der Waals surface area (Å²) in [6, 6.07) is 0. The lowest BCUT2D eigenvalue weighted by molar-refractivity contribution is -0.131. The number of carbonyl (C=O) groups is 2. The number of hydrogen-bond acceptors (Lipinski definition) is 5. The van der Waals surface area contributed by atoms with Gasteiger partial charge in [0, 0.05) is 13.0 Å². The van der Waals surface area contributed by atoms with Crippen molar-refractivity contribution < 1.29 is 9.59 Å². The van der Waals surface area contributed by atoms with E-state index in [9.17, 15) is 9.59 Å². The van der Waals surface area contributed by atoms with E-state index in [4.69, 9.17) is 11.6 Å². The van der Waals surface area contributed by atoms with Gasteiger partial charge in [0.15, 0.2) is 10.8 Å². The number of hydrogen-bond donors (Lipinski definition) is 2. The number of amides is 2. The third-order valence-electron chi connectivity index (χ3n) is 3.00. The number of aromatic amines is 1. The van der Waals surface area contributed by atoms with Gasteiger partial charge >= 0.3 is 0 Å². The monoisotopic (exact) mass is 294 g/mol. The van der Waals surface area contributed by atoms with E-state index < -0.39 is 0 Å². The van der Waals surface area contributed by atoms with Gasteiger partial charge in [0.1, 0.15) is 5.52 Å². The van der Waals surface area contributed by atoms with Crippen LogP contribution in [0.15, 0.2) is 6.33 Å². The summed E-state index contributed by atoms with van der Waals surface area (Å²) >= 11 is 5.94. The molecule has 2 N–H and O–H groups in total. The van der Waals surface area contributed by atoms with E-state index in [0.29, 0.717) is 24.1 Å². The second-order valence-electron chi connectivity index (χ2n) is 4.41. The summed E-state index contributed by atoms with van der Waals surface area (Å²) in [5, 5.41) is 2.70. The molecule has 2 aromatic rings. The summed E-state index contributed by atoms with van der Waals surface area (Å²) in [5.41, 5.74) is 0.886. The van der Waals surface area contributed by atoms with Gasteiger partial charge in [-0.2, -0.15) is 9.97 Å². The molecular weight excluding hydrogens is 284 g/mol. The van der Waals surface area contributed by atoms with Crippen molar-refractivity contribution in [1.29, 1.82) is 0 Å². The molecule has 20 heavy (non-hydrogen) atoms. The van der Waals surface area contributed by atoms with E-state index in [0.717, 1.165) is 6.42 Å². The van der Waals surface area contributed by atoms with Crippen molar-refractivity contribution in [1.82, 2.24) is 24.8 Å². The van der Waals surface area contributed by atoms with Gasteiger partial charge in [0.2, 0.25) is 17.8 Å². The Balaban J connectivity index is 1.72. The minimum Gasteiger partial charge on any atom is -0.341 e. The number of nitrogens with one attached hydrogen (secondary N) is 2. The molecule has 1 aliphatic rings. The molecule has 3 heterocycles. The fourth-order valence-corrected chi connectivity index (χ4v) is 2.28. The molecule has 1 aliphatic heterocycles. The summed E-state index contributed by atoms with van der Waals surface area (Å²) in [6.07, 6.45) is 2.72. The largest absolute Gasteiger partial charge is 0.341 e. The third kappa shape index (κ3) is 2.42. The summed E-state index contributed by atoms with van der Waals surface area (Å²) in [5.74, 6) is -0.292. The number of imidazole rings is 1. The molecule has 0 bridgehead atoms. The van der Waals surface area contributed by atoms with Crippen molar-refractivity contribution in [3.05, 3.63) is 11.5 Å². The van der Waals surface area contributed by atoms with Crippen molar-refractivity contribution in [3.8, 4) is 0 Å². The van der Waals surface area contributed by atoms with Crippen LogP contribution in [0, 0.1) is 0 Å². The van der Waals surface area contributed by atoms with E-state index in [-0.39, 0.29) is 29.5 Å². The van der Waals surface area contributed by atoms with E-state index >= 15 is 0 Å². The fraction of sp³-hybridized carbons (Fsp3) is 0.364. The van der Waals surface area contributed by atoms with Crippen molar-refractivity contribution in [2.24, 2.45) is 0 Å². The van der Waals surface area contributed by atoms with Gasteiger partial charge in [0.25, 0.3) is 0 Å². The Hall–Kier alpha value is -2.22. The lowest BCUT2D eigenvalue weighted by Crippen LogP contribution is -2.34. The van der Waals surface area contributed by atoms with Crippen LogP contribution in [0.2, 0.25) is 5.15 Å². The average Bonchev–Trinajstić information content (AvgIpc) is 2.99. The molecular formula is C11H11ClN6O2. The number of aromatic nitrogens is 4. The minimum atomic E-state index is -0.355. The van der Waals surface area contributed by atoms with Crippen LogP contribution in [-0.2, 0) is 9.59 Å². The molecule has 0 saturated carbocycles. The first-order valence-electron chi connectivity index (χ1n) is 6.08. The van der Waals surface area contributed by atoms with Crippen LogP contribution in [0.1, 0.15) is 12.8 Å². The molecule has 1 fully saturated rings. The summed E-state index contributed by atoms with van der Waals surface area (Å²) in [7, 11) is 0. The van der Waals surface area contributed by atoms with E-state index in [1.807, 2.05) is 0 Å². The quantitative estimate of drug-likeness (QED) is 0.805. The highest BCUT2D eigenvalue weighted by molar-refractivity contribution is 6.33. The zero-order valence-corrected chi connectivity index (χ0v) is 11.1. The number of H-pyrrole nitrogens is 1. The molecule has 104 valence electrons. The second kappa shape index (κ2) is 5.04. The molecule has 0 atom stereocenters. The Labute approximate surface area is 118 Å². The lowest BCUT2D eigenvalue weighted by Gasteiger charge is -2.14. The molecule has 2 aromatic heterocycles. The van der Waals surface area contributed by atoms with Gasteiger partial charge in [0.05, 0.1) is 12.9 Å². The molecule has 0 unspecified atom stereocenters. The van der Waals surface area contributed by atoms with Crippen LogP contribution in [0.25, 0.3) is 11.2 Å². The van der Waals surface area contributed by atoms with Crippen LogP contribution >= 0.6 is 11.6 Å². The average molecular weight is 295 g/mol. The lowest BCUT2D eigenvalue weighted by atomic mass is 10.4. The minimum absolute atomic E-state index is 0.00157. The molecule has 0 aliphatic carbocycles. The second-order valence-corrected chi connectivity index (χ2v) is 4.76. The topological polar surface area (TPSA) is 104 Å². The van der Waals surface area contributed by atoms with Crippen molar-refractivity contribution >= 4 is 40.5 Å². The number of rotatable bonds is 3. The molecule has 0 aromatic carbocycles. The van der Waals surface area contributed by atoms with E-state index in [1.165, 1.54) is 11.2 Å². The third-order valence-corrected chi connectivity index (χ3v) is 3.27. The van der Waals surface area contributed by atoms with Crippen LogP contribution in [0.4, 0.5) is 5.95 Å². The van der Waals surface area contributed by atoms with Gasteiger partial charge in [-0.05, 0) is 6.42 Å². The van der Waals surface area contributed by atoms with Crippen LogP contribution in [0.3, 0.4) is 0 Å². The Bertz CT molecular complexity index is 685. The highest BCUT2D eigenvalue weighted by Crippen LogP contribution is 2.18. The molecule has 3 rings (SSSR count). The normalized spacial score (nSPS) is 15.1. The van der Waals surface area contributed by atoms with Gasteiger partial charge in [-0.1, -0.05) is 11.6 Å². The zero-order chi connectivity index (χ0) is 14.1. The molecule has 8 nitrogen and oxygen atoms in total. The molecule has 2 amide bonds.